The normalized spacial score (nSPS) is 10.8. The predicted molar refractivity (Wildman–Crippen MR) is 69.5 cm³/mol. The minimum Gasteiger partial charge on any atom is -0.294 e. The summed E-state index contributed by atoms with van der Waals surface area (Å²) in [6, 6.07) is 5.00. The third-order valence-electron chi connectivity index (χ3n) is 2.41. The maximum Gasteiger partial charge on any atom is 0.164 e. The molecule has 0 amide bonds. The average molecular weight is 259 g/mol. The molecule has 0 aliphatic heterocycles. The number of carbonyl (C=O) groups is 1. The van der Waals surface area contributed by atoms with Crippen molar-refractivity contribution in [2.75, 3.05) is 0 Å². The number of hydrogen-bond acceptors (Lipinski definition) is 1. The molecule has 1 aromatic carbocycles. The van der Waals surface area contributed by atoms with E-state index in [-0.39, 0.29) is 5.78 Å². The lowest BCUT2D eigenvalue weighted by Crippen LogP contribution is -2.01. The largest absolute Gasteiger partial charge is 0.294 e. The van der Waals surface area contributed by atoms with Gasteiger partial charge < -0.3 is 0 Å². The summed E-state index contributed by atoms with van der Waals surface area (Å²) in [5.41, 5.74) is 0.540. The number of halogens is 2. The van der Waals surface area contributed by atoms with E-state index >= 15 is 0 Å². The molecule has 0 spiro atoms. The van der Waals surface area contributed by atoms with Gasteiger partial charge in [0.15, 0.2) is 5.78 Å². The Kier molecular flexibility index (Phi) is 5.30. The third-order valence-corrected chi connectivity index (χ3v) is 2.98. The molecule has 0 bridgehead atoms. The zero-order valence-corrected chi connectivity index (χ0v) is 11.1. The first-order valence-electron chi connectivity index (χ1n) is 5.49. The van der Waals surface area contributed by atoms with Crippen molar-refractivity contribution in [1.29, 1.82) is 0 Å². The predicted octanol–water partition coefficient (Wildman–Crippen LogP) is 5.00. The Morgan fingerprint density at radius 2 is 2.00 bits per heavy atom. The van der Waals surface area contributed by atoms with E-state index in [1.807, 2.05) is 0 Å². The number of carbonyl (C=O) groups excluding carboxylic acids is 1. The molecule has 0 N–H and O–H groups in total. The molecule has 0 aliphatic rings. The molecule has 0 unspecified atom stereocenters. The Balaban J connectivity index is 2.62. The standard InChI is InChI=1S/C13H16Cl2O/c1-9(2)4-3-5-13(16)11-8-10(14)6-7-12(11)15/h6-9H,3-5H2,1-2H3. The Hall–Kier alpha value is -0.530. The highest BCUT2D eigenvalue weighted by molar-refractivity contribution is 6.35. The van der Waals surface area contributed by atoms with Gasteiger partial charge in [-0.3, -0.25) is 4.79 Å². The lowest BCUT2D eigenvalue weighted by molar-refractivity contribution is 0.0978. The van der Waals surface area contributed by atoms with E-state index in [0.717, 1.165) is 12.8 Å². The van der Waals surface area contributed by atoms with Crippen LogP contribution < -0.4 is 0 Å². The smallest absolute Gasteiger partial charge is 0.164 e. The molecule has 3 heteroatoms. The summed E-state index contributed by atoms with van der Waals surface area (Å²) in [4.78, 5) is 11.9. The van der Waals surface area contributed by atoms with Crippen LogP contribution in [0.3, 0.4) is 0 Å². The highest BCUT2D eigenvalue weighted by Gasteiger charge is 2.10. The fourth-order valence-electron chi connectivity index (χ4n) is 1.52. The monoisotopic (exact) mass is 258 g/mol. The molecule has 1 rings (SSSR count). The zero-order chi connectivity index (χ0) is 12.1. The quantitative estimate of drug-likeness (QED) is 0.680. The number of hydrogen-bond donors (Lipinski definition) is 0. The van der Waals surface area contributed by atoms with Crippen molar-refractivity contribution in [1.82, 2.24) is 0 Å². The highest BCUT2D eigenvalue weighted by atomic mass is 35.5. The minimum atomic E-state index is 0.0770. The third kappa shape index (κ3) is 4.15. The van der Waals surface area contributed by atoms with E-state index in [4.69, 9.17) is 23.2 Å². The van der Waals surface area contributed by atoms with Gasteiger partial charge in [-0.05, 0) is 30.5 Å². The summed E-state index contributed by atoms with van der Waals surface area (Å²) in [6.45, 7) is 4.30. The molecule has 0 radical (unpaired) electrons. The summed E-state index contributed by atoms with van der Waals surface area (Å²) < 4.78 is 0. The van der Waals surface area contributed by atoms with Crippen LogP contribution in [0.15, 0.2) is 18.2 Å². The zero-order valence-electron chi connectivity index (χ0n) is 9.59. The Labute approximate surface area is 107 Å². The average Bonchev–Trinajstić information content (AvgIpc) is 2.21. The number of Topliss-reactive ketones (excluding diaryl/α,β-unsaturated/α-hetero) is 1. The fraction of sp³-hybridized carbons (Fsp3) is 0.462. The van der Waals surface area contributed by atoms with Crippen molar-refractivity contribution in [3.05, 3.63) is 33.8 Å². The van der Waals surface area contributed by atoms with Gasteiger partial charge in [-0.25, -0.2) is 0 Å². The molecule has 0 aliphatic carbocycles. The van der Waals surface area contributed by atoms with Gasteiger partial charge in [0.05, 0.1) is 5.02 Å². The summed E-state index contributed by atoms with van der Waals surface area (Å²) in [7, 11) is 0. The van der Waals surface area contributed by atoms with E-state index < -0.39 is 0 Å². The van der Waals surface area contributed by atoms with E-state index in [1.54, 1.807) is 18.2 Å². The van der Waals surface area contributed by atoms with Gasteiger partial charge in [0.1, 0.15) is 0 Å². The molecular weight excluding hydrogens is 243 g/mol. The van der Waals surface area contributed by atoms with E-state index in [9.17, 15) is 4.79 Å². The summed E-state index contributed by atoms with van der Waals surface area (Å²) in [6.07, 6.45) is 2.50. The molecular formula is C13H16Cl2O. The second kappa shape index (κ2) is 6.27. The number of rotatable bonds is 5. The number of ketones is 1. The first kappa shape index (κ1) is 13.5. The van der Waals surface area contributed by atoms with Crippen LogP contribution in [-0.2, 0) is 0 Å². The molecule has 0 saturated heterocycles. The molecule has 1 aromatic rings. The second-order valence-corrected chi connectivity index (χ2v) is 5.18. The van der Waals surface area contributed by atoms with Gasteiger partial charge in [0.2, 0.25) is 0 Å². The van der Waals surface area contributed by atoms with Crippen LogP contribution in [0, 0.1) is 5.92 Å². The maximum atomic E-state index is 11.9. The molecule has 0 aromatic heterocycles. The van der Waals surface area contributed by atoms with Crippen molar-refractivity contribution < 1.29 is 4.79 Å². The van der Waals surface area contributed by atoms with Crippen molar-refractivity contribution >= 4 is 29.0 Å². The number of benzene rings is 1. The maximum absolute atomic E-state index is 11.9. The van der Waals surface area contributed by atoms with Crippen molar-refractivity contribution in [3.63, 3.8) is 0 Å². The first-order chi connectivity index (χ1) is 7.50. The van der Waals surface area contributed by atoms with Crippen LogP contribution in [-0.4, -0.2) is 5.78 Å². The Morgan fingerprint density at radius 1 is 1.31 bits per heavy atom. The van der Waals surface area contributed by atoms with Crippen LogP contribution in [0.5, 0.6) is 0 Å². The van der Waals surface area contributed by atoms with Crippen LogP contribution in [0.4, 0.5) is 0 Å². The van der Waals surface area contributed by atoms with Crippen LogP contribution >= 0.6 is 23.2 Å². The molecule has 1 nitrogen and oxygen atoms in total. The van der Waals surface area contributed by atoms with Gasteiger partial charge in [-0.15, -0.1) is 0 Å². The summed E-state index contributed by atoms with van der Waals surface area (Å²) in [5, 5.41) is 1.04. The van der Waals surface area contributed by atoms with Gasteiger partial charge in [0, 0.05) is 17.0 Å². The Bertz CT molecular complexity index is 372. The first-order valence-corrected chi connectivity index (χ1v) is 6.24. The molecule has 0 atom stereocenters. The molecule has 88 valence electrons. The summed E-state index contributed by atoms with van der Waals surface area (Å²) in [5.74, 6) is 0.704. The van der Waals surface area contributed by atoms with Gasteiger partial charge >= 0.3 is 0 Å². The SMILES string of the molecule is CC(C)CCCC(=O)c1cc(Cl)ccc1Cl. The second-order valence-electron chi connectivity index (χ2n) is 4.33. The van der Waals surface area contributed by atoms with Crippen molar-refractivity contribution in [2.45, 2.75) is 33.1 Å². The topological polar surface area (TPSA) is 17.1 Å². The van der Waals surface area contributed by atoms with E-state index in [2.05, 4.69) is 13.8 Å². The lowest BCUT2D eigenvalue weighted by atomic mass is 10.0. The van der Waals surface area contributed by atoms with Crippen molar-refractivity contribution in [3.8, 4) is 0 Å². The lowest BCUT2D eigenvalue weighted by Gasteiger charge is -2.05. The van der Waals surface area contributed by atoms with Crippen molar-refractivity contribution in [2.24, 2.45) is 5.92 Å². The molecule has 0 heterocycles. The minimum absolute atomic E-state index is 0.0770. The van der Waals surface area contributed by atoms with Gasteiger partial charge in [-0.2, -0.15) is 0 Å². The van der Waals surface area contributed by atoms with Gasteiger partial charge in [-0.1, -0.05) is 43.5 Å². The molecule has 0 saturated carbocycles. The van der Waals surface area contributed by atoms with E-state index in [1.165, 1.54) is 0 Å². The van der Waals surface area contributed by atoms with E-state index in [0.29, 0.717) is 27.9 Å². The van der Waals surface area contributed by atoms with Crippen LogP contribution in [0.1, 0.15) is 43.5 Å². The highest BCUT2D eigenvalue weighted by Crippen LogP contribution is 2.22. The van der Waals surface area contributed by atoms with Crippen LogP contribution in [0.25, 0.3) is 0 Å². The molecule has 16 heavy (non-hydrogen) atoms. The molecule has 0 fully saturated rings. The Morgan fingerprint density at radius 3 is 2.62 bits per heavy atom. The summed E-state index contributed by atoms with van der Waals surface area (Å²) >= 11 is 11.8. The van der Waals surface area contributed by atoms with Gasteiger partial charge in [0.25, 0.3) is 0 Å². The van der Waals surface area contributed by atoms with Crippen LogP contribution in [0.2, 0.25) is 10.0 Å². The fourth-order valence-corrected chi connectivity index (χ4v) is 1.91.